The molecule has 0 amide bonds. The average Bonchev–Trinajstić information content (AvgIpc) is 2.79. The Balaban J connectivity index is 1.64. The van der Waals surface area contributed by atoms with Crippen LogP contribution in [0, 0.1) is 34.5 Å². The van der Waals surface area contributed by atoms with Gasteiger partial charge in [0.15, 0.2) is 0 Å². The summed E-state index contributed by atoms with van der Waals surface area (Å²) in [6.45, 7) is 4.80. The SMILES string of the molecule is C[C@]12CC[C@H]3[C@@H](CCC4C(Cl)[C@H](O)CC[C@@]43C)[C@@H]1CC[C@@H]2O. The fourth-order valence-corrected chi connectivity index (χ4v) is 7.78. The van der Waals surface area contributed by atoms with Crippen molar-refractivity contribution in [2.45, 2.75) is 82.8 Å². The van der Waals surface area contributed by atoms with Gasteiger partial charge in [-0.05, 0) is 85.9 Å². The molecule has 0 aromatic rings. The third kappa shape index (κ3) is 1.93. The van der Waals surface area contributed by atoms with Gasteiger partial charge in [-0.1, -0.05) is 13.8 Å². The maximum atomic E-state index is 10.5. The Bertz CT molecular complexity index is 455. The number of aliphatic hydroxyl groups is 2. The lowest BCUT2D eigenvalue weighted by molar-refractivity contribution is -0.132. The molecule has 126 valence electrons. The summed E-state index contributed by atoms with van der Waals surface area (Å²) in [5, 5.41) is 20.6. The number of fused-ring (bicyclic) bond motifs is 5. The van der Waals surface area contributed by atoms with Gasteiger partial charge in [-0.25, -0.2) is 0 Å². The van der Waals surface area contributed by atoms with Gasteiger partial charge in [0.05, 0.1) is 17.6 Å². The van der Waals surface area contributed by atoms with Crippen molar-refractivity contribution in [1.82, 2.24) is 0 Å². The Morgan fingerprint density at radius 3 is 2.18 bits per heavy atom. The first kappa shape index (κ1) is 15.7. The predicted octanol–water partition coefficient (Wildman–Crippen LogP) is 3.97. The summed E-state index contributed by atoms with van der Waals surface area (Å²) >= 11 is 6.63. The molecule has 4 rings (SSSR count). The van der Waals surface area contributed by atoms with Crippen LogP contribution in [0.1, 0.15) is 65.2 Å². The van der Waals surface area contributed by atoms with Crippen molar-refractivity contribution in [3.05, 3.63) is 0 Å². The van der Waals surface area contributed by atoms with Crippen LogP contribution < -0.4 is 0 Å². The Hall–Kier alpha value is 0.210. The topological polar surface area (TPSA) is 40.5 Å². The lowest BCUT2D eigenvalue weighted by Crippen LogP contribution is -2.57. The molecule has 0 aromatic carbocycles. The highest BCUT2D eigenvalue weighted by atomic mass is 35.5. The molecular weight excluding hydrogens is 296 g/mol. The number of halogens is 1. The first-order chi connectivity index (χ1) is 10.4. The molecule has 0 spiro atoms. The molecule has 0 saturated heterocycles. The molecule has 4 aliphatic rings. The van der Waals surface area contributed by atoms with E-state index in [4.69, 9.17) is 11.6 Å². The van der Waals surface area contributed by atoms with Crippen LogP contribution in [-0.4, -0.2) is 27.8 Å². The number of hydrogen-bond acceptors (Lipinski definition) is 2. The maximum Gasteiger partial charge on any atom is 0.0706 e. The summed E-state index contributed by atoms with van der Waals surface area (Å²) in [5.74, 6) is 2.72. The summed E-state index contributed by atoms with van der Waals surface area (Å²) in [6.07, 6.45) is 8.69. The van der Waals surface area contributed by atoms with Gasteiger partial charge in [0.1, 0.15) is 0 Å². The largest absolute Gasteiger partial charge is 0.393 e. The smallest absolute Gasteiger partial charge is 0.0706 e. The third-order valence-corrected chi connectivity index (χ3v) is 9.22. The lowest BCUT2D eigenvalue weighted by Gasteiger charge is -2.61. The highest BCUT2D eigenvalue weighted by molar-refractivity contribution is 6.21. The molecular formula is C19H31ClO2. The van der Waals surface area contributed by atoms with Crippen LogP contribution in [0.4, 0.5) is 0 Å². The maximum absolute atomic E-state index is 10.5. The van der Waals surface area contributed by atoms with Crippen LogP contribution in [0.5, 0.6) is 0 Å². The number of aliphatic hydroxyl groups excluding tert-OH is 2. The van der Waals surface area contributed by atoms with Gasteiger partial charge < -0.3 is 10.2 Å². The van der Waals surface area contributed by atoms with E-state index < -0.39 is 0 Å². The number of rotatable bonds is 0. The normalized spacial score (nSPS) is 61.2. The Morgan fingerprint density at radius 2 is 1.41 bits per heavy atom. The average molecular weight is 327 g/mol. The zero-order valence-electron chi connectivity index (χ0n) is 14.0. The van der Waals surface area contributed by atoms with E-state index in [1.54, 1.807) is 0 Å². The van der Waals surface area contributed by atoms with E-state index in [1.807, 2.05) is 0 Å². The Labute approximate surface area is 139 Å². The Morgan fingerprint density at radius 1 is 0.773 bits per heavy atom. The van der Waals surface area contributed by atoms with Crippen molar-refractivity contribution in [2.24, 2.45) is 34.5 Å². The zero-order valence-corrected chi connectivity index (χ0v) is 14.7. The summed E-state index contributed by atoms with van der Waals surface area (Å²) in [6, 6.07) is 0. The van der Waals surface area contributed by atoms with Crippen LogP contribution in [0.2, 0.25) is 0 Å². The van der Waals surface area contributed by atoms with Crippen LogP contribution in [0.25, 0.3) is 0 Å². The molecule has 4 aliphatic carbocycles. The molecule has 22 heavy (non-hydrogen) atoms. The van der Waals surface area contributed by atoms with E-state index in [9.17, 15) is 10.2 Å². The minimum Gasteiger partial charge on any atom is -0.393 e. The van der Waals surface area contributed by atoms with Crippen LogP contribution in [0.15, 0.2) is 0 Å². The van der Waals surface area contributed by atoms with Crippen molar-refractivity contribution in [3.63, 3.8) is 0 Å². The second-order valence-electron chi connectivity index (χ2n) is 9.25. The quantitative estimate of drug-likeness (QED) is 0.661. The van der Waals surface area contributed by atoms with Crippen LogP contribution in [-0.2, 0) is 0 Å². The van der Waals surface area contributed by atoms with Gasteiger partial charge in [-0.15, -0.1) is 11.6 Å². The molecule has 2 unspecified atom stereocenters. The molecule has 2 N–H and O–H groups in total. The van der Waals surface area contributed by atoms with Gasteiger partial charge in [0, 0.05) is 0 Å². The second kappa shape index (κ2) is 5.10. The number of alkyl halides is 1. The predicted molar refractivity (Wildman–Crippen MR) is 88.8 cm³/mol. The van der Waals surface area contributed by atoms with Gasteiger partial charge in [-0.3, -0.25) is 0 Å². The second-order valence-corrected chi connectivity index (χ2v) is 9.76. The van der Waals surface area contributed by atoms with Gasteiger partial charge in [-0.2, -0.15) is 0 Å². The minimum atomic E-state index is -0.307. The van der Waals surface area contributed by atoms with E-state index in [-0.39, 0.29) is 23.0 Å². The fourth-order valence-electron chi connectivity index (χ4n) is 7.24. The zero-order chi connectivity index (χ0) is 15.7. The van der Waals surface area contributed by atoms with Crippen molar-refractivity contribution in [1.29, 1.82) is 0 Å². The highest BCUT2D eigenvalue weighted by Crippen LogP contribution is 2.66. The third-order valence-electron chi connectivity index (χ3n) is 8.62. The van der Waals surface area contributed by atoms with E-state index in [0.717, 1.165) is 31.1 Å². The first-order valence-electron chi connectivity index (χ1n) is 9.38. The molecule has 0 bridgehead atoms. The van der Waals surface area contributed by atoms with Gasteiger partial charge in [0.2, 0.25) is 0 Å². The summed E-state index contributed by atoms with van der Waals surface area (Å²) in [4.78, 5) is 0. The molecule has 0 aromatic heterocycles. The van der Waals surface area contributed by atoms with E-state index >= 15 is 0 Å². The molecule has 3 heteroatoms. The Kier molecular flexibility index (Phi) is 3.65. The fraction of sp³-hybridized carbons (Fsp3) is 1.00. The van der Waals surface area contributed by atoms with Gasteiger partial charge in [0.25, 0.3) is 0 Å². The lowest BCUT2D eigenvalue weighted by atomic mass is 9.45. The van der Waals surface area contributed by atoms with Crippen molar-refractivity contribution in [2.75, 3.05) is 0 Å². The molecule has 4 saturated carbocycles. The van der Waals surface area contributed by atoms with Crippen LogP contribution in [0.3, 0.4) is 0 Å². The molecule has 0 aliphatic heterocycles. The standard InChI is InChI=1S/C19H31ClO2/c1-18-10-8-15(21)17(20)14(18)4-3-11-12-5-6-16(22)19(12,2)9-7-13(11)18/h11-17,21-22H,3-10H2,1-2H3/t11-,12-,13-,14?,15+,16-,17?,18+,19-/m0/s1. The highest BCUT2D eigenvalue weighted by Gasteiger charge is 2.61. The van der Waals surface area contributed by atoms with Crippen molar-refractivity contribution in [3.8, 4) is 0 Å². The van der Waals surface area contributed by atoms with E-state index in [2.05, 4.69) is 13.8 Å². The molecule has 4 fully saturated rings. The summed E-state index contributed by atoms with van der Waals surface area (Å²) < 4.78 is 0. The molecule has 0 heterocycles. The number of hydrogen-bond donors (Lipinski definition) is 2. The summed E-state index contributed by atoms with van der Waals surface area (Å²) in [7, 11) is 0. The van der Waals surface area contributed by atoms with Crippen molar-refractivity contribution < 1.29 is 10.2 Å². The molecule has 9 atom stereocenters. The van der Waals surface area contributed by atoms with Gasteiger partial charge >= 0.3 is 0 Å². The monoisotopic (exact) mass is 326 g/mol. The van der Waals surface area contributed by atoms with E-state index in [0.29, 0.717) is 17.3 Å². The first-order valence-corrected chi connectivity index (χ1v) is 9.82. The molecule has 0 radical (unpaired) electrons. The van der Waals surface area contributed by atoms with E-state index in [1.165, 1.54) is 32.1 Å². The van der Waals surface area contributed by atoms with Crippen LogP contribution >= 0.6 is 11.6 Å². The summed E-state index contributed by atoms with van der Waals surface area (Å²) in [5.41, 5.74) is 0.475. The minimum absolute atomic E-state index is 0.0535. The van der Waals surface area contributed by atoms with Crippen molar-refractivity contribution >= 4 is 11.6 Å². The molecule has 2 nitrogen and oxygen atoms in total.